The van der Waals surface area contributed by atoms with Crippen LogP contribution in [0, 0.1) is 0 Å². The Bertz CT molecular complexity index is 417. The molecule has 0 unspecified atom stereocenters. The molecule has 0 aromatic heterocycles. The molecule has 16 heavy (non-hydrogen) atoms. The lowest BCUT2D eigenvalue weighted by atomic mass is 10.0. The molecule has 5 nitrogen and oxygen atoms in total. The SMILES string of the molecule is COCc1cc2c(cc1C(=O)CN)OCO2. The van der Waals surface area contributed by atoms with Crippen molar-refractivity contribution in [1.29, 1.82) is 0 Å². The fourth-order valence-electron chi connectivity index (χ4n) is 1.63. The maximum Gasteiger partial charge on any atom is 0.231 e. The summed E-state index contributed by atoms with van der Waals surface area (Å²) in [4.78, 5) is 11.6. The number of hydrogen-bond donors (Lipinski definition) is 1. The topological polar surface area (TPSA) is 70.8 Å². The van der Waals surface area contributed by atoms with E-state index in [9.17, 15) is 4.79 Å². The molecule has 0 radical (unpaired) electrons. The summed E-state index contributed by atoms with van der Waals surface area (Å²) in [6.45, 7) is 0.496. The van der Waals surface area contributed by atoms with Gasteiger partial charge in [-0.1, -0.05) is 0 Å². The monoisotopic (exact) mass is 223 g/mol. The maximum atomic E-state index is 11.6. The molecule has 1 aliphatic heterocycles. The first-order valence-corrected chi connectivity index (χ1v) is 4.91. The second kappa shape index (κ2) is 4.51. The molecular weight excluding hydrogens is 210 g/mol. The second-order valence-electron chi connectivity index (χ2n) is 3.42. The number of methoxy groups -OCH3 is 1. The third kappa shape index (κ3) is 1.87. The standard InChI is InChI=1S/C11H13NO4/c1-14-5-7-2-10-11(16-6-15-10)3-8(7)9(13)4-12/h2-3H,4-6,12H2,1H3. The second-order valence-corrected chi connectivity index (χ2v) is 3.42. The van der Waals surface area contributed by atoms with Crippen LogP contribution >= 0.6 is 0 Å². The Morgan fingerprint density at radius 1 is 1.44 bits per heavy atom. The Kier molecular flexibility index (Phi) is 3.07. The predicted molar refractivity (Wildman–Crippen MR) is 56.7 cm³/mol. The number of hydrogen-bond acceptors (Lipinski definition) is 5. The van der Waals surface area contributed by atoms with Gasteiger partial charge in [0.25, 0.3) is 0 Å². The van der Waals surface area contributed by atoms with E-state index in [-0.39, 0.29) is 19.1 Å². The summed E-state index contributed by atoms with van der Waals surface area (Å²) >= 11 is 0. The van der Waals surface area contributed by atoms with Crippen LogP contribution in [0.25, 0.3) is 0 Å². The van der Waals surface area contributed by atoms with E-state index in [0.717, 1.165) is 5.56 Å². The van der Waals surface area contributed by atoms with E-state index in [1.165, 1.54) is 0 Å². The third-order valence-corrected chi connectivity index (χ3v) is 2.38. The van der Waals surface area contributed by atoms with Crippen LogP contribution in [0.4, 0.5) is 0 Å². The number of carbonyl (C=O) groups excluding carboxylic acids is 1. The van der Waals surface area contributed by atoms with Crippen LogP contribution in [0.3, 0.4) is 0 Å². The van der Waals surface area contributed by atoms with Crippen molar-refractivity contribution in [2.45, 2.75) is 6.61 Å². The third-order valence-electron chi connectivity index (χ3n) is 2.38. The summed E-state index contributed by atoms with van der Waals surface area (Å²) in [6, 6.07) is 3.42. The number of Topliss-reactive ketones (excluding diaryl/α,β-unsaturated/α-hetero) is 1. The number of nitrogens with two attached hydrogens (primary N) is 1. The van der Waals surface area contributed by atoms with Gasteiger partial charge in [-0.3, -0.25) is 4.79 Å². The molecule has 5 heteroatoms. The van der Waals surface area contributed by atoms with Crippen LogP contribution in [-0.2, 0) is 11.3 Å². The van der Waals surface area contributed by atoms with Crippen molar-refractivity contribution < 1.29 is 19.0 Å². The zero-order valence-electron chi connectivity index (χ0n) is 8.99. The highest BCUT2D eigenvalue weighted by Gasteiger charge is 2.19. The Labute approximate surface area is 93.1 Å². The lowest BCUT2D eigenvalue weighted by Gasteiger charge is -2.08. The minimum atomic E-state index is -0.134. The van der Waals surface area contributed by atoms with Crippen LogP contribution in [0.2, 0.25) is 0 Å². The fourth-order valence-corrected chi connectivity index (χ4v) is 1.63. The van der Waals surface area contributed by atoms with Crippen molar-refractivity contribution in [2.75, 3.05) is 20.4 Å². The van der Waals surface area contributed by atoms with Gasteiger partial charge in [0.2, 0.25) is 6.79 Å². The van der Waals surface area contributed by atoms with Crippen LogP contribution < -0.4 is 15.2 Å². The van der Waals surface area contributed by atoms with Gasteiger partial charge in [-0.25, -0.2) is 0 Å². The lowest BCUT2D eigenvalue weighted by molar-refractivity contribution is 0.0996. The predicted octanol–water partition coefficient (Wildman–Crippen LogP) is 0.703. The van der Waals surface area contributed by atoms with Gasteiger partial charge in [0.05, 0.1) is 13.2 Å². The summed E-state index contributed by atoms with van der Waals surface area (Å²) in [7, 11) is 1.57. The molecule has 1 aliphatic rings. The molecule has 0 aliphatic carbocycles. The average molecular weight is 223 g/mol. The highest BCUT2D eigenvalue weighted by Crippen LogP contribution is 2.35. The first-order valence-electron chi connectivity index (χ1n) is 4.91. The van der Waals surface area contributed by atoms with Crippen molar-refractivity contribution >= 4 is 5.78 Å². The van der Waals surface area contributed by atoms with Gasteiger partial charge in [0.15, 0.2) is 17.3 Å². The van der Waals surface area contributed by atoms with Crippen LogP contribution in [0.1, 0.15) is 15.9 Å². The van der Waals surface area contributed by atoms with Gasteiger partial charge in [-0.05, 0) is 17.7 Å². The molecule has 1 heterocycles. The molecule has 86 valence electrons. The zero-order chi connectivity index (χ0) is 11.5. The van der Waals surface area contributed by atoms with Gasteiger partial charge in [0.1, 0.15) is 0 Å². The highest BCUT2D eigenvalue weighted by molar-refractivity contribution is 5.99. The Morgan fingerprint density at radius 2 is 2.12 bits per heavy atom. The molecule has 0 saturated heterocycles. The van der Waals surface area contributed by atoms with E-state index in [1.807, 2.05) is 0 Å². The molecule has 1 aromatic rings. The van der Waals surface area contributed by atoms with E-state index in [1.54, 1.807) is 19.2 Å². The van der Waals surface area contributed by atoms with E-state index in [4.69, 9.17) is 19.9 Å². The van der Waals surface area contributed by atoms with Crippen molar-refractivity contribution in [1.82, 2.24) is 0 Å². The summed E-state index contributed by atoms with van der Waals surface area (Å²) in [5.74, 6) is 1.09. The van der Waals surface area contributed by atoms with Crippen molar-refractivity contribution in [3.05, 3.63) is 23.3 Å². The van der Waals surface area contributed by atoms with Gasteiger partial charge >= 0.3 is 0 Å². The Balaban J connectivity index is 2.44. The van der Waals surface area contributed by atoms with Crippen molar-refractivity contribution in [2.24, 2.45) is 5.73 Å². The highest BCUT2D eigenvalue weighted by atomic mass is 16.7. The van der Waals surface area contributed by atoms with Gasteiger partial charge < -0.3 is 19.9 Å². The summed E-state index contributed by atoms with van der Waals surface area (Å²) in [5, 5.41) is 0. The van der Waals surface area contributed by atoms with E-state index >= 15 is 0 Å². The van der Waals surface area contributed by atoms with Crippen molar-refractivity contribution in [3.63, 3.8) is 0 Å². The first kappa shape index (κ1) is 10.9. The first-order chi connectivity index (χ1) is 7.76. The zero-order valence-corrected chi connectivity index (χ0v) is 8.99. The number of carbonyl (C=O) groups is 1. The van der Waals surface area contributed by atoms with E-state index < -0.39 is 0 Å². The van der Waals surface area contributed by atoms with Crippen LogP contribution in [0.5, 0.6) is 11.5 Å². The van der Waals surface area contributed by atoms with Crippen LogP contribution in [0.15, 0.2) is 12.1 Å². The Morgan fingerprint density at radius 3 is 2.75 bits per heavy atom. The molecule has 0 atom stereocenters. The quantitative estimate of drug-likeness (QED) is 0.761. The minimum absolute atomic E-state index is 0.0314. The molecule has 0 fully saturated rings. The molecule has 1 aromatic carbocycles. The number of ketones is 1. The molecule has 0 spiro atoms. The molecular formula is C11H13NO4. The fraction of sp³-hybridized carbons (Fsp3) is 0.364. The van der Waals surface area contributed by atoms with Crippen molar-refractivity contribution in [3.8, 4) is 11.5 Å². The number of rotatable bonds is 4. The minimum Gasteiger partial charge on any atom is -0.454 e. The Hall–Kier alpha value is -1.59. The van der Waals surface area contributed by atoms with E-state index in [2.05, 4.69) is 0 Å². The summed E-state index contributed by atoms with van der Waals surface area (Å²) in [6.07, 6.45) is 0. The number of ether oxygens (including phenoxy) is 3. The molecule has 0 saturated carbocycles. The van der Waals surface area contributed by atoms with Gasteiger partial charge in [0, 0.05) is 12.7 Å². The largest absolute Gasteiger partial charge is 0.454 e. The van der Waals surface area contributed by atoms with E-state index in [0.29, 0.717) is 23.7 Å². The lowest BCUT2D eigenvalue weighted by Crippen LogP contribution is -2.15. The number of benzene rings is 1. The normalized spacial score (nSPS) is 12.9. The molecule has 2 rings (SSSR count). The number of fused-ring (bicyclic) bond motifs is 1. The average Bonchev–Trinajstić information content (AvgIpc) is 2.74. The van der Waals surface area contributed by atoms with Gasteiger partial charge in [-0.15, -0.1) is 0 Å². The smallest absolute Gasteiger partial charge is 0.231 e. The summed E-state index contributed by atoms with van der Waals surface area (Å²) < 4.78 is 15.5. The molecule has 0 amide bonds. The van der Waals surface area contributed by atoms with Crippen LogP contribution in [-0.4, -0.2) is 26.2 Å². The molecule has 2 N–H and O–H groups in total. The molecule has 0 bridgehead atoms. The maximum absolute atomic E-state index is 11.6. The van der Waals surface area contributed by atoms with Gasteiger partial charge in [-0.2, -0.15) is 0 Å². The summed E-state index contributed by atoms with van der Waals surface area (Å²) in [5.41, 5.74) is 6.65.